The van der Waals surface area contributed by atoms with E-state index in [2.05, 4.69) is 23.1 Å². The van der Waals surface area contributed by atoms with Gasteiger partial charge in [-0.1, -0.05) is 42.5 Å². The van der Waals surface area contributed by atoms with Gasteiger partial charge in [0.15, 0.2) is 0 Å². The Morgan fingerprint density at radius 3 is 2.34 bits per heavy atom. The molecule has 160 valence electrons. The van der Waals surface area contributed by atoms with Gasteiger partial charge in [0, 0.05) is 44.8 Å². The highest BCUT2D eigenvalue weighted by Crippen LogP contribution is 2.13. The SMILES string of the molecule is Cl.Cl.NCCN(CCc1ccccc1)C(=O)c1cccc(CN2CCOCC2)c1. The Hall–Kier alpha value is -1.63. The molecule has 1 heterocycles. The monoisotopic (exact) mass is 439 g/mol. The van der Waals surface area contributed by atoms with E-state index < -0.39 is 0 Å². The van der Waals surface area contributed by atoms with Gasteiger partial charge in [-0.2, -0.15) is 0 Å². The molecule has 2 aromatic carbocycles. The van der Waals surface area contributed by atoms with E-state index in [1.165, 1.54) is 11.1 Å². The second-order valence-electron chi connectivity index (χ2n) is 6.91. The van der Waals surface area contributed by atoms with Gasteiger partial charge in [0.05, 0.1) is 13.2 Å². The molecular weight excluding hydrogens is 409 g/mol. The zero-order chi connectivity index (χ0) is 18.9. The summed E-state index contributed by atoms with van der Waals surface area (Å²) in [7, 11) is 0. The number of benzene rings is 2. The fourth-order valence-corrected chi connectivity index (χ4v) is 3.38. The molecule has 1 aliphatic rings. The van der Waals surface area contributed by atoms with Crippen LogP contribution in [0.2, 0.25) is 0 Å². The summed E-state index contributed by atoms with van der Waals surface area (Å²) in [5, 5.41) is 0. The van der Waals surface area contributed by atoms with Crippen LogP contribution < -0.4 is 5.73 Å². The van der Waals surface area contributed by atoms with Crippen LogP contribution in [0.25, 0.3) is 0 Å². The third-order valence-electron chi connectivity index (χ3n) is 4.88. The summed E-state index contributed by atoms with van der Waals surface area (Å²) in [6.45, 7) is 6.00. The largest absolute Gasteiger partial charge is 0.379 e. The van der Waals surface area contributed by atoms with Crippen LogP contribution in [0.4, 0.5) is 0 Å². The van der Waals surface area contributed by atoms with Crippen LogP contribution in [-0.4, -0.2) is 61.6 Å². The molecule has 1 aliphatic heterocycles. The molecule has 0 aromatic heterocycles. The quantitative estimate of drug-likeness (QED) is 0.686. The number of hydrogen-bond donors (Lipinski definition) is 1. The number of carbonyl (C=O) groups excluding carboxylic acids is 1. The number of amides is 1. The van der Waals surface area contributed by atoms with Crippen LogP contribution in [0.15, 0.2) is 54.6 Å². The number of hydrogen-bond acceptors (Lipinski definition) is 4. The van der Waals surface area contributed by atoms with Gasteiger partial charge < -0.3 is 15.4 Å². The summed E-state index contributed by atoms with van der Waals surface area (Å²) in [5.74, 6) is 0.0557. The average Bonchev–Trinajstić information content (AvgIpc) is 2.72. The molecular formula is C22H31Cl2N3O2. The molecule has 1 fully saturated rings. The molecule has 1 amide bonds. The minimum atomic E-state index is 0. The molecule has 5 nitrogen and oxygen atoms in total. The van der Waals surface area contributed by atoms with Crippen LogP contribution >= 0.6 is 24.8 Å². The van der Waals surface area contributed by atoms with Crippen molar-refractivity contribution in [3.63, 3.8) is 0 Å². The van der Waals surface area contributed by atoms with Crippen LogP contribution in [0.1, 0.15) is 21.5 Å². The summed E-state index contributed by atoms with van der Waals surface area (Å²) < 4.78 is 5.41. The first-order valence-electron chi connectivity index (χ1n) is 9.68. The normalized spacial score (nSPS) is 13.8. The molecule has 1 saturated heterocycles. The standard InChI is InChI=1S/C22H29N3O2.2ClH/c23-10-12-25(11-9-19-5-2-1-3-6-19)22(26)21-8-4-7-20(17-21)18-24-13-15-27-16-14-24;;/h1-8,17H,9-16,18,23H2;2*1H. The fraction of sp³-hybridized carbons (Fsp3) is 0.409. The molecule has 7 heteroatoms. The van der Waals surface area contributed by atoms with Crippen molar-refractivity contribution in [1.82, 2.24) is 9.80 Å². The number of morpholine rings is 1. The Morgan fingerprint density at radius 2 is 1.66 bits per heavy atom. The van der Waals surface area contributed by atoms with E-state index in [0.29, 0.717) is 19.6 Å². The number of halogens is 2. The van der Waals surface area contributed by atoms with Crippen LogP contribution in [-0.2, 0) is 17.7 Å². The van der Waals surface area contributed by atoms with Gasteiger partial charge in [-0.15, -0.1) is 24.8 Å². The Balaban J connectivity index is 0.00000210. The maximum atomic E-state index is 13.0. The van der Waals surface area contributed by atoms with Crippen molar-refractivity contribution in [2.24, 2.45) is 5.73 Å². The van der Waals surface area contributed by atoms with E-state index in [1.807, 2.05) is 41.3 Å². The third kappa shape index (κ3) is 7.96. The van der Waals surface area contributed by atoms with Gasteiger partial charge >= 0.3 is 0 Å². The molecule has 0 aliphatic carbocycles. The maximum Gasteiger partial charge on any atom is 0.253 e. The zero-order valence-corrected chi connectivity index (χ0v) is 18.3. The maximum absolute atomic E-state index is 13.0. The number of nitrogens with two attached hydrogens (primary N) is 1. The number of carbonyl (C=O) groups is 1. The number of nitrogens with zero attached hydrogens (tertiary/aromatic N) is 2. The summed E-state index contributed by atoms with van der Waals surface area (Å²) in [4.78, 5) is 17.3. The van der Waals surface area contributed by atoms with Crippen LogP contribution in [0.3, 0.4) is 0 Å². The molecule has 29 heavy (non-hydrogen) atoms. The lowest BCUT2D eigenvalue weighted by atomic mass is 10.1. The van der Waals surface area contributed by atoms with E-state index in [1.54, 1.807) is 0 Å². The molecule has 0 atom stereocenters. The molecule has 0 bridgehead atoms. The summed E-state index contributed by atoms with van der Waals surface area (Å²) in [6.07, 6.45) is 0.833. The second-order valence-corrected chi connectivity index (χ2v) is 6.91. The van der Waals surface area contributed by atoms with Crippen molar-refractivity contribution in [2.45, 2.75) is 13.0 Å². The molecule has 0 radical (unpaired) electrons. The first-order valence-corrected chi connectivity index (χ1v) is 9.68. The highest BCUT2D eigenvalue weighted by molar-refractivity contribution is 5.94. The van der Waals surface area contributed by atoms with Crippen molar-refractivity contribution < 1.29 is 9.53 Å². The zero-order valence-electron chi connectivity index (χ0n) is 16.7. The van der Waals surface area contributed by atoms with Crippen molar-refractivity contribution in [3.8, 4) is 0 Å². The van der Waals surface area contributed by atoms with E-state index >= 15 is 0 Å². The molecule has 0 spiro atoms. The lowest BCUT2D eigenvalue weighted by Crippen LogP contribution is -2.37. The Kier molecular flexibility index (Phi) is 11.9. The predicted octanol–water partition coefficient (Wildman–Crippen LogP) is 3.01. The average molecular weight is 440 g/mol. The highest BCUT2D eigenvalue weighted by atomic mass is 35.5. The molecule has 2 N–H and O–H groups in total. The van der Waals surface area contributed by atoms with Gasteiger partial charge in [0.2, 0.25) is 0 Å². The fourth-order valence-electron chi connectivity index (χ4n) is 3.38. The lowest BCUT2D eigenvalue weighted by molar-refractivity contribution is 0.0341. The number of rotatable bonds is 8. The smallest absolute Gasteiger partial charge is 0.253 e. The van der Waals surface area contributed by atoms with Crippen LogP contribution in [0.5, 0.6) is 0 Å². The first-order chi connectivity index (χ1) is 13.3. The molecule has 0 saturated carbocycles. The molecule has 0 unspecified atom stereocenters. The van der Waals surface area contributed by atoms with Crippen molar-refractivity contribution in [1.29, 1.82) is 0 Å². The van der Waals surface area contributed by atoms with E-state index in [0.717, 1.165) is 44.8 Å². The Labute approximate surface area is 186 Å². The Bertz CT molecular complexity index is 725. The third-order valence-corrected chi connectivity index (χ3v) is 4.88. The van der Waals surface area contributed by atoms with Gasteiger partial charge in [-0.25, -0.2) is 0 Å². The summed E-state index contributed by atoms with van der Waals surface area (Å²) >= 11 is 0. The first kappa shape index (κ1) is 25.4. The minimum Gasteiger partial charge on any atom is -0.379 e. The highest BCUT2D eigenvalue weighted by Gasteiger charge is 2.16. The van der Waals surface area contributed by atoms with E-state index in [9.17, 15) is 4.79 Å². The van der Waals surface area contributed by atoms with Gasteiger partial charge in [0.25, 0.3) is 5.91 Å². The van der Waals surface area contributed by atoms with Crippen LogP contribution in [0, 0.1) is 0 Å². The summed E-state index contributed by atoms with van der Waals surface area (Å²) in [6, 6.07) is 18.2. The predicted molar refractivity (Wildman–Crippen MR) is 122 cm³/mol. The number of ether oxygens (including phenoxy) is 1. The molecule has 2 aromatic rings. The van der Waals surface area contributed by atoms with Gasteiger partial charge in [-0.3, -0.25) is 9.69 Å². The van der Waals surface area contributed by atoms with Gasteiger partial charge in [0.1, 0.15) is 0 Å². The molecule has 3 rings (SSSR count). The Morgan fingerprint density at radius 1 is 0.966 bits per heavy atom. The van der Waals surface area contributed by atoms with Crippen molar-refractivity contribution >= 4 is 30.7 Å². The van der Waals surface area contributed by atoms with Crippen molar-refractivity contribution in [2.75, 3.05) is 45.9 Å². The minimum absolute atomic E-state index is 0. The van der Waals surface area contributed by atoms with E-state index in [-0.39, 0.29) is 30.7 Å². The second kappa shape index (κ2) is 13.6. The topological polar surface area (TPSA) is 58.8 Å². The van der Waals surface area contributed by atoms with Crippen molar-refractivity contribution in [3.05, 3.63) is 71.3 Å². The van der Waals surface area contributed by atoms with E-state index in [4.69, 9.17) is 10.5 Å². The lowest BCUT2D eigenvalue weighted by Gasteiger charge is -2.27. The summed E-state index contributed by atoms with van der Waals surface area (Å²) in [5.41, 5.74) is 8.89. The van der Waals surface area contributed by atoms with Gasteiger partial charge in [-0.05, 0) is 29.7 Å².